The number of rotatable bonds is 2. The second kappa shape index (κ2) is 3.87. The Bertz CT molecular complexity index is 492. The molecule has 1 N–H and O–H groups in total. The Hall–Kier alpha value is -1.84. The van der Waals surface area contributed by atoms with Gasteiger partial charge in [-0.1, -0.05) is 11.6 Å². The number of carbonyl (C=O) groups is 2. The summed E-state index contributed by atoms with van der Waals surface area (Å²) in [6.07, 6.45) is -0.0676. The minimum absolute atomic E-state index is 0.0568. The fourth-order valence-corrected chi connectivity index (χ4v) is 2.11. The van der Waals surface area contributed by atoms with Crippen molar-refractivity contribution in [1.82, 2.24) is 0 Å². The number of carboxylic acids is 1. The zero-order valence-electron chi connectivity index (χ0n) is 9.82. The number of carboxylic acid groups (broad SMARTS) is 1. The van der Waals surface area contributed by atoms with Gasteiger partial charge in [0.25, 0.3) is 0 Å². The van der Waals surface area contributed by atoms with Gasteiger partial charge in [-0.25, -0.2) is 0 Å². The normalized spacial score (nSPS) is 22.8. The topological polar surface area (TPSA) is 63.6 Å². The molecule has 0 spiro atoms. The number of carbonyl (C=O) groups excluding carboxylic acids is 1. The molecule has 0 aromatic heterocycles. The van der Waals surface area contributed by atoms with Crippen molar-refractivity contribution in [3.05, 3.63) is 29.3 Å². The highest BCUT2D eigenvalue weighted by atomic mass is 16.5. The molecular weight excluding hydrogens is 220 g/mol. The zero-order chi connectivity index (χ0) is 12.6. The predicted octanol–water partition coefficient (Wildman–Crippen LogP) is 2.19. The first-order valence-corrected chi connectivity index (χ1v) is 5.44. The molecule has 1 heterocycles. The van der Waals surface area contributed by atoms with Crippen LogP contribution < -0.4 is 4.74 Å². The molecule has 1 aromatic rings. The molecule has 0 bridgehead atoms. The van der Waals surface area contributed by atoms with E-state index in [1.165, 1.54) is 0 Å². The van der Waals surface area contributed by atoms with E-state index in [2.05, 4.69) is 0 Å². The maximum absolute atomic E-state index is 12.0. The van der Waals surface area contributed by atoms with E-state index in [1.807, 2.05) is 13.0 Å². The second-order valence-corrected chi connectivity index (χ2v) is 4.72. The van der Waals surface area contributed by atoms with Crippen molar-refractivity contribution in [3.8, 4) is 5.75 Å². The van der Waals surface area contributed by atoms with E-state index in [0.29, 0.717) is 11.3 Å². The van der Waals surface area contributed by atoms with Crippen molar-refractivity contribution < 1.29 is 19.4 Å². The Morgan fingerprint density at radius 2 is 2.24 bits per heavy atom. The quantitative estimate of drug-likeness (QED) is 0.852. The van der Waals surface area contributed by atoms with Gasteiger partial charge in [-0.2, -0.15) is 0 Å². The summed E-state index contributed by atoms with van der Waals surface area (Å²) in [7, 11) is 0. The van der Waals surface area contributed by atoms with Gasteiger partial charge in [0.1, 0.15) is 11.4 Å². The summed E-state index contributed by atoms with van der Waals surface area (Å²) >= 11 is 0. The summed E-state index contributed by atoms with van der Waals surface area (Å²) in [4.78, 5) is 22.7. The van der Waals surface area contributed by atoms with Crippen LogP contribution in [0.1, 0.15) is 35.7 Å². The molecule has 1 aliphatic rings. The van der Waals surface area contributed by atoms with Crippen LogP contribution in [-0.4, -0.2) is 22.5 Å². The third-order valence-corrected chi connectivity index (χ3v) is 2.85. The van der Waals surface area contributed by atoms with E-state index in [9.17, 15) is 9.59 Å². The molecule has 17 heavy (non-hydrogen) atoms. The van der Waals surface area contributed by atoms with Crippen LogP contribution in [0.2, 0.25) is 0 Å². The van der Waals surface area contributed by atoms with Gasteiger partial charge >= 0.3 is 5.97 Å². The summed E-state index contributed by atoms with van der Waals surface area (Å²) in [5.74, 6) is -0.537. The summed E-state index contributed by atoms with van der Waals surface area (Å²) in [5, 5.41) is 8.82. The maximum Gasteiger partial charge on any atom is 0.307 e. The summed E-state index contributed by atoms with van der Waals surface area (Å²) in [5.41, 5.74) is 0.598. The van der Waals surface area contributed by atoms with Crippen molar-refractivity contribution >= 4 is 11.8 Å². The number of aliphatic carboxylic acids is 1. The highest BCUT2D eigenvalue weighted by Gasteiger charge is 2.38. The SMILES string of the molecule is Cc1ccc2c(c1)C(=O)CC(C)(CC(=O)O)O2. The smallest absolute Gasteiger partial charge is 0.307 e. The van der Waals surface area contributed by atoms with Gasteiger partial charge in [0.15, 0.2) is 5.78 Å². The van der Waals surface area contributed by atoms with Crippen LogP contribution in [0.4, 0.5) is 0 Å². The number of ketones is 1. The first-order chi connectivity index (χ1) is 7.89. The molecule has 0 aliphatic carbocycles. The number of benzene rings is 1. The van der Waals surface area contributed by atoms with E-state index in [1.54, 1.807) is 19.1 Å². The predicted molar refractivity (Wildman–Crippen MR) is 61.4 cm³/mol. The van der Waals surface area contributed by atoms with Gasteiger partial charge in [0, 0.05) is 0 Å². The Morgan fingerprint density at radius 3 is 2.88 bits per heavy atom. The number of Topliss-reactive ketones (excluding diaryl/α,β-unsaturated/α-hetero) is 1. The first-order valence-electron chi connectivity index (χ1n) is 5.44. The van der Waals surface area contributed by atoms with Crippen molar-refractivity contribution in [1.29, 1.82) is 0 Å². The molecule has 4 nitrogen and oxygen atoms in total. The molecule has 0 fully saturated rings. The van der Waals surface area contributed by atoms with Crippen molar-refractivity contribution in [2.45, 2.75) is 32.3 Å². The Kier molecular flexibility index (Phi) is 2.65. The monoisotopic (exact) mass is 234 g/mol. The summed E-state index contributed by atoms with van der Waals surface area (Å²) in [6.45, 7) is 3.56. The lowest BCUT2D eigenvalue weighted by Crippen LogP contribution is -2.41. The van der Waals surface area contributed by atoms with Crippen LogP contribution in [0.3, 0.4) is 0 Å². The van der Waals surface area contributed by atoms with Crippen molar-refractivity contribution in [3.63, 3.8) is 0 Å². The number of ether oxygens (including phenoxy) is 1. The molecule has 1 aliphatic heterocycles. The fourth-order valence-electron chi connectivity index (χ4n) is 2.11. The van der Waals surface area contributed by atoms with Crippen LogP contribution in [0.15, 0.2) is 18.2 Å². The maximum atomic E-state index is 12.0. The van der Waals surface area contributed by atoms with Gasteiger partial charge < -0.3 is 9.84 Å². The number of hydrogen-bond donors (Lipinski definition) is 1. The van der Waals surface area contributed by atoms with Crippen LogP contribution in [-0.2, 0) is 4.79 Å². The van der Waals surface area contributed by atoms with Gasteiger partial charge in [0.05, 0.1) is 18.4 Å². The lowest BCUT2D eigenvalue weighted by Gasteiger charge is -2.33. The highest BCUT2D eigenvalue weighted by Crippen LogP contribution is 2.35. The second-order valence-electron chi connectivity index (χ2n) is 4.72. The minimum atomic E-state index is -0.962. The molecule has 4 heteroatoms. The summed E-state index contributed by atoms with van der Waals surface area (Å²) < 4.78 is 5.65. The minimum Gasteiger partial charge on any atom is -0.486 e. The molecule has 0 saturated carbocycles. The lowest BCUT2D eigenvalue weighted by molar-refractivity contribution is -0.141. The third-order valence-electron chi connectivity index (χ3n) is 2.85. The van der Waals surface area contributed by atoms with Gasteiger partial charge in [0.2, 0.25) is 0 Å². The summed E-state index contributed by atoms with van der Waals surface area (Å²) in [6, 6.07) is 5.35. The number of hydrogen-bond acceptors (Lipinski definition) is 3. The average molecular weight is 234 g/mol. The van der Waals surface area contributed by atoms with Crippen LogP contribution >= 0.6 is 0 Å². The molecule has 0 amide bonds. The molecule has 0 saturated heterocycles. The zero-order valence-corrected chi connectivity index (χ0v) is 9.82. The molecule has 1 unspecified atom stereocenters. The number of fused-ring (bicyclic) bond motifs is 1. The van der Waals surface area contributed by atoms with E-state index in [-0.39, 0.29) is 18.6 Å². The average Bonchev–Trinajstić information content (AvgIpc) is 2.17. The number of aryl methyl sites for hydroxylation is 1. The van der Waals surface area contributed by atoms with Crippen molar-refractivity contribution in [2.75, 3.05) is 0 Å². The Morgan fingerprint density at radius 1 is 1.53 bits per heavy atom. The molecule has 0 radical (unpaired) electrons. The van der Waals surface area contributed by atoms with Gasteiger partial charge in [-0.05, 0) is 26.0 Å². The van der Waals surface area contributed by atoms with E-state index >= 15 is 0 Å². The lowest BCUT2D eigenvalue weighted by atomic mass is 9.88. The molecule has 90 valence electrons. The first kappa shape index (κ1) is 11.6. The molecule has 1 aromatic carbocycles. The van der Waals surface area contributed by atoms with Crippen LogP contribution in [0, 0.1) is 6.92 Å². The van der Waals surface area contributed by atoms with Crippen LogP contribution in [0.5, 0.6) is 5.75 Å². The standard InChI is InChI=1S/C13H14O4/c1-8-3-4-11-9(5-8)10(14)6-13(2,17-11)7-12(15)16/h3-5H,6-7H2,1-2H3,(H,15,16). The molecule has 2 rings (SSSR count). The highest BCUT2D eigenvalue weighted by molar-refractivity contribution is 6.00. The van der Waals surface area contributed by atoms with Gasteiger partial charge in [-0.15, -0.1) is 0 Å². The van der Waals surface area contributed by atoms with Gasteiger partial charge in [-0.3, -0.25) is 9.59 Å². The van der Waals surface area contributed by atoms with Crippen LogP contribution in [0.25, 0.3) is 0 Å². The van der Waals surface area contributed by atoms with E-state index in [4.69, 9.17) is 9.84 Å². The Labute approximate surface area is 99.2 Å². The van der Waals surface area contributed by atoms with E-state index in [0.717, 1.165) is 5.56 Å². The van der Waals surface area contributed by atoms with E-state index < -0.39 is 11.6 Å². The third kappa shape index (κ3) is 2.30. The molecule has 1 atom stereocenters. The largest absolute Gasteiger partial charge is 0.486 e. The Balaban J connectivity index is 2.36. The van der Waals surface area contributed by atoms with Crippen molar-refractivity contribution in [2.24, 2.45) is 0 Å². The molecular formula is C13H14O4. The fraction of sp³-hybridized carbons (Fsp3) is 0.385.